The fraction of sp³-hybridized carbons (Fsp3) is 0.235. The zero-order valence-corrected chi connectivity index (χ0v) is 11.7. The molecular formula is C17H19NO. The van der Waals surface area contributed by atoms with Crippen LogP contribution in [0.15, 0.2) is 47.5 Å². The molecule has 0 atom stereocenters. The van der Waals surface area contributed by atoms with Crippen LogP contribution < -0.4 is 4.74 Å². The Bertz CT molecular complexity index is 588. The second-order valence-corrected chi connectivity index (χ2v) is 4.55. The van der Waals surface area contributed by atoms with Crippen LogP contribution in [0.5, 0.6) is 5.75 Å². The Morgan fingerprint density at radius 2 is 1.95 bits per heavy atom. The summed E-state index contributed by atoms with van der Waals surface area (Å²) < 4.78 is 5.48. The lowest BCUT2D eigenvalue weighted by atomic mass is 10.1. The van der Waals surface area contributed by atoms with Crippen molar-refractivity contribution in [1.29, 1.82) is 0 Å². The van der Waals surface area contributed by atoms with Crippen molar-refractivity contribution in [2.75, 3.05) is 6.61 Å². The normalized spacial score (nSPS) is 10.9. The third-order valence-corrected chi connectivity index (χ3v) is 2.89. The maximum atomic E-state index is 5.48. The van der Waals surface area contributed by atoms with E-state index < -0.39 is 0 Å². The van der Waals surface area contributed by atoms with E-state index >= 15 is 0 Å². The van der Waals surface area contributed by atoms with E-state index in [1.165, 1.54) is 11.1 Å². The molecule has 0 radical (unpaired) electrons. The Balaban J connectivity index is 2.22. The lowest BCUT2D eigenvalue weighted by molar-refractivity contribution is 0.340. The summed E-state index contributed by atoms with van der Waals surface area (Å²) in [4.78, 5) is 4.56. The quantitative estimate of drug-likeness (QED) is 0.737. The van der Waals surface area contributed by atoms with E-state index in [0.717, 1.165) is 17.0 Å². The van der Waals surface area contributed by atoms with Crippen molar-refractivity contribution >= 4 is 11.9 Å². The van der Waals surface area contributed by atoms with E-state index in [4.69, 9.17) is 4.74 Å². The molecule has 0 aliphatic heterocycles. The van der Waals surface area contributed by atoms with Crippen molar-refractivity contribution < 1.29 is 4.74 Å². The van der Waals surface area contributed by atoms with Gasteiger partial charge in [0.05, 0.1) is 12.3 Å². The predicted octanol–water partition coefficient (Wildman–Crippen LogP) is 4.45. The van der Waals surface area contributed by atoms with E-state index in [-0.39, 0.29) is 0 Å². The number of hydrogen-bond acceptors (Lipinski definition) is 2. The molecule has 2 heteroatoms. The van der Waals surface area contributed by atoms with Crippen LogP contribution in [0.25, 0.3) is 0 Å². The summed E-state index contributed by atoms with van der Waals surface area (Å²) in [5.41, 5.74) is 4.47. The number of nitrogens with zero attached hydrogens (tertiary/aromatic N) is 1. The molecule has 0 fully saturated rings. The van der Waals surface area contributed by atoms with Crippen molar-refractivity contribution in [2.24, 2.45) is 4.99 Å². The van der Waals surface area contributed by atoms with Crippen molar-refractivity contribution in [3.63, 3.8) is 0 Å². The van der Waals surface area contributed by atoms with Gasteiger partial charge in [-0.05, 0) is 55.7 Å². The lowest BCUT2D eigenvalue weighted by Gasteiger charge is -2.04. The van der Waals surface area contributed by atoms with Gasteiger partial charge in [-0.25, -0.2) is 0 Å². The molecule has 0 N–H and O–H groups in total. The monoisotopic (exact) mass is 253 g/mol. The maximum absolute atomic E-state index is 5.48. The molecule has 0 saturated heterocycles. The van der Waals surface area contributed by atoms with Crippen LogP contribution in [0.2, 0.25) is 0 Å². The van der Waals surface area contributed by atoms with Gasteiger partial charge in [-0.2, -0.15) is 0 Å². The Hall–Kier alpha value is -2.09. The number of hydrogen-bond donors (Lipinski definition) is 0. The Kier molecular flexibility index (Phi) is 4.35. The first-order valence-corrected chi connectivity index (χ1v) is 6.53. The van der Waals surface area contributed by atoms with Crippen molar-refractivity contribution in [3.8, 4) is 5.75 Å². The SMILES string of the molecule is CCOc1cccc(C=Nc2cc(C)ccc2C)c1. The predicted molar refractivity (Wildman–Crippen MR) is 80.8 cm³/mol. The zero-order valence-electron chi connectivity index (χ0n) is 11.7. The van der Waals surface area contributed by atoms with E-state index in [2.05, 4.69) is 37.0 Å². The average molecular weight is 253 g/mol. The highest BCUT2D eigenvalue weighted by Crippen LogP contribution is 2.20. The highest BCUT2D eigenvalue weighted by Gasteiger charge is 1.97. The number of aliphatic imine (C=N–C) groups is 1. The summed E-state index contributed by atoms with van der Waals surface area (Å²) in [6.07, 6.45) is 1.88. The minimum atomic E-state index is 0.678. The average Bonchev–Trinajstić information content (AvgIpc) is 2.41. The molecule has 0 saturated carbocycles. The summed E-state index contributed by atoms with van der Waals surface area (Å²) in [5.74, 6) is 0.882. The van der Waals surface area contributed by atoms with Gasteiger partial charge in [0.15, 0.2) is 0 Å². The highest BCUT2D eigenvalue weighted by atomic mass is 16.5. The smallest absolute Gasteiger partial charge is 0.119 e. The van der Waals surface area contributed by atoms with Gasteiger partial charge in [-0.15, -0.1) is 0 Å². The summed E-state index contributed by atoms with van der Waals surface area (Å²) in [6, 6.07) is 14.3. The molecule has 2 aromatic carbocycles. The van der Waals surface area contributed by atoms with Crippen LogP contribution in [-0.2, 0) is 0 Å². The Labute approximate surface area is 114 Å². The molecule has 2 rings (SSSR count). The molecule has 0 aliphatic rings. The van der Waals surface area contributed by atoms with Crippen molar-refractivity contribution in [2.45, 2.75) is 20.8 Å². The molecule has 0 bridgehead atoms. The zero-order chi connectivity index (χ0) is 13.7. The minimum Gasteiger partial charge on any atom is -0.494 e. The maximum Gasteiger partial charge on any atom is 0.119 e. The largest absolute Gasteiger partial charge is 0.494 e. The van der Waals surface area contributed by atoms with E-state index in [9.17, 15) is 0 Å². The van der Waals surface area contributed by atoms with Gasteiger partial charge in [-0.3, -0.25) is 4.99 Å². The molecule has 98 valence electrons. The molecule has 2 aromatic rings. The van der Waals surface area contributed by atoms with Crippen molar-refractivity contribution in [3.05, 3.63) is 59.2 Å². The summed E-state index contributed by atoms with van der Waals surface area (Å²) in [6.45, 7) is 6.81. The number of rotatable bonds is 4. The molecular weight excluding hydrogens is 234 g/mol. The second-order valence-electron chi connectivity index (χ2n) is 4.55. The van der Waals surface area contributed by atoms with Gasteiger partial charge in [0, 0.05) is 6.21 Å². The number of ether oxygens (including phenoxy) is 1. The van der Waals surface area contributed by atoms with Gasteiger partial charge in [0.1, 0.15) is 5.75 Å². The first-order chi connectivity index (χ1) is 9.19. The molecule has 0 spiro atoms. The van der Waals surface area contributed by atoms with Crippen LogP contribution in [-0.4, -0.2) is 12.8 Å². The van der Waals surface area contributed by atoms with Crippen LogP contribution in [0.4, 0.5) is 5.69 Å². The highest BCUT2D eigenvalue weighted by molar-refractivity contribution is 5.82. The molecule has 2 nitrogen and oxygen atoms in total. The van der Waals surface area contributed by atoms with Crippen molar-refractivity contribution in [1.82, 2.24) is 0 Å². The van der Waals surface area contributed by atoms with Crippen LogP contribution >= 0.6 is 0 Å². The van der Waals surface area contributed by atoms with Crippen LogP contribution in [0, 0.1) is 13.8 Å². The van der Waals surface area contributed by atoms with E-state index in [1.807, 2.05) is 37.4 Å². The van der Waals surface area contributed by atoms with Gasteiger partial charge in [0.25, 0.3) is 0 Å². The Morgan fingerprint density at radius 1 is 1.11 bits per heavy atom. The number of benzene rings is 2. The molecule has 0 aliphatic carbocycles. The van der Waals surface area contributed by atoms with E-state index in [0.29, 0.717) is 6.61 Å². The topological polar surface area (TPSA) is 21.6 Å². The van der Waals surface area contributed by atoms with Gasteiger partial charge < -0.3 is 4.74 Å². The molecule has 0 amide bonds. The molecule has 0 aromatic heterocycles. The molecule has 0 unspecified atom stereocenters. The second kappa shape index (κ2) is 6.19. The van der Waals surface area contributed by atoms with Gasteiger partial charge in [0.2, 0.25) is 0 Å². The van der Waals surface area contributed by atoms with Gasteiger partial charge in [-0.1, -0.05) is 24.3 Å². The van der Waals surface area contributed by atoms with Crippen LogP contribution in [0.3, 0.4) is 0 Å². The fourth-order valence-electron chi connectivity index (χ4n) is 1.85. The minimum absolute atomic E-state index is 0.678. The van der Waals surface area contributed by atoms with Gasteiger partial charge >= 0.3 is 0 Å². The summed E-state index contributed by atoms with van der Waals surface area (Å²) in [5, 5.41) is 0. The standard InChI is InChI=1S/C17H19NO/c1-4-19-16-7-5-6-15(11-16)12-18-17-10-13(2)8-9-14(17)3/h5-12H,4H2,1-3H3. The molecule has 19 heavy (non-hydrogen) atoms. The third kappa shape index (κ3) is 3.68. The Morgan fingerprint density at radius 3 is 2.74 bits per heavy atom. The van der Waals surface area contributed by atoms with E-state index in [1.54, 1.807) is 0 Å². The first-order valence-electron chi connectivity index (χ1n) is 6.53. The third-order valence-electron chi connectivity index (χ3n) is 2.89. The summed E-state index contributed by atoms with van der Waals surface area (Å²) in [7, 11) is 0. The fourth-order valence-corrected chi connectivity index (χ4v) is 1.85. The number of aryl methyl sites for hydroxylation is 2. The lowest BCUT2D eigenvalue weighted by Crippen LogP contribution is -1.92. The summed E-state index contributed by atoms with van der Waals surface area (Å²) >= 11 is 0. The van der Waals surface area contributed by atoms with Crippen LogP contribution in [0.1, 0.15) is 23.6 Å². The molecule has 0 heterocycles. The first kappa shape index (κ1) is 13.3.